The topological polar surface area (TPSA) is 76.8 Å². The molecule has 2 aromatic carbocycles. The lowest BCUT2D eigenvalue weighted by molar-refractivity contribution is -0.384. The highest BCUT2D eigenvalue weighted by Gasteiger charge is 2.12. The lowest BCUT2D eigenvalue weighted by Crippen LogP contribution is -2.28. The van der Waals surface area contributed by atoms with Gasteiger partial charge in [0, 0.05) is 6.07 Å². The molecule has 0 saturated carbocycles. The van der Waals surface area contributed by atoms with E-state index in [0.29, 0.717) is 5.75 Å². The first-order chi connectivity index (χ1) is 12.0. The van der Waals surface area contributed by atoms with Gasteiger partial charge in [-0.25, -0.2) is 0 Å². The Morgan fingerprint density at radius 1 is 1.24 bits per heavy atom. The second kappa shape index (κ2) is 7.34. The SMILES string of the molecule is C/C(=N\NC(C)Oc1cccc([N+](=O)[O-])c1)c1ccc2c(c1)CCC2. The average molecular weight is 339 g/mol. The normalized spacial score (nSPS) is 14.7. The first kappa shape index (κ1) is 17.0. The number of non-ortho nitro benzene ring substituents is 1. The van der Waals surface area contributed by atoms with Crippen LogP contribution in [-0.2, 0) is 12.8 Å². The van der Waals surface area contributed by atoms with Crippen molar-refractivity contribution in [3.63, 3.8) is 0 Å². The summed E-state index contributed by atoms with van der Waals surface area (Å²) >= 11 is 0. The molecule has 130 valence electrons. The van der Waals surface area contributed by atoms with Crippen molar-refractivity contribution in [3.8, 4) is 5.75 Å². The van der Waals surface area contributed by atoms with Crippen molar-refractivity contribution in [1.82, 2.24) is 5.43 Å². The standard InChI is InChI=1S/C19H21N3O3/c1-13(16-10-9-15-5-3-6-17(15)11-16)20-21-14(2)25-19-8-4-7-18(12-19)22(23)24/h4,7-12,14,21H,3,5-6H2,1-2H3/b20-13+. The molecule has 0 bridgehead atoms. The summed E-state index contributed by atoms with van der Waals surface area (Å²) in [7, 11) is 0. The van der Waals surface area contributed by atoms with E-state index < -0.39 is 11.2 Å². The highest BCUT2D eigenvalue weighted by atomic mass is 16.6. The molecule has 1 N–H and O–H groups in total. The third-order valence-corrected chi connectivity index (χ3v) is 4.27. The van der Waals surface area contributed by atoms with Gasteiger partial charge >= 0.3 is 0 Å². The molecule has 6 nitrogen and oxygen atoms in total. The van der Waals surface area contributed by atoms with Crippen molar-refractivity contribution in [3.05, 3.63) is 69.3 Å². The number of nitrogens with zero attached hydrogens (tertiary/aromatic N) is 2. The predicted molar refractivity (Wildman–Crippen MR) is 97.0 cm³/mol. The number of hydrogen-bond acceptors (Lipinski definition) is 5. The third-order valence-electron chi connectivity index (χ3n) is 4.27. The third kappa shape index (κ3) is 4.15. The predicted octanol–water partition coefficient (Wildman–Crippen LogP) is 3.82. The average Bonchev–Trinajstić information content (AvgIpc) is 3.07. The number of fused-ring (bicyclic) bond motifs is 1. The second-order valence-corrected chi connectivity index (χ2v) is 6.18. The van der Waals surface area contributed by atoms with E-state index >= 15 is 0 Å². The summed E-state index contributed by atoms with van der Waals surface area (Å²) in [6.07, 6.45) is 3.11. The van der Waals surface area contributed by atoms with Gasteiger partial charge in [-0.1, -0.05) is 18.2 Å². The van der Waals surface area contributed by atoms with Crippen molar-refractivity contribution in [2.75, 3.05) is 0 Å². The van der Waals surface area contributed by atoms with Crippen LogP contribution in [0.5, 0.6) is 5.75 Å². The van der Waals surface area contributed by atoms with Crippen LogP contribution in [0, 0.1) is 10.1 Å². The molecule has 1 aliphatic carbocycles. The van der Waals surface area contributed by atoms with Gasteiger partial charge in [0.25, 0.3) is 5.69 Å². The lowest BCUT2D eigenvalue weighted by atomic mass is 10.0. The molecule has 1 unspecified atom stereocenters. The lowest BCUT2D eigenvalue weighted by Gasteiger charge is -2.15. The fraction of sp³-hybridized carbons (Fsp3) is 0.316. The van der Waals surface area contributed by atoms with Crippen molar-refractivity contribution in [1.29, 1.82) is 0 Å². The Kier molecular flexibility index (Phi) is 4.97. The van der Waals surface area contributed by atoms with Crippen LogP contribution < -0.4 is 10.2 Å². The molecule has 0 spiro atoms. The van der Waals surface area contributed by atoms with Crippen LogP contribution in [0.25, 0.3) is 0 Å². The number of nitro groups is 1. The molecule has 0 fully saturated rings. The summed E-state index contributed by atoms with van der Waals surface area (Å²) < 4.78 is 5.64. The molecule has 25 heavy (non-hydrogen) atoms. The summed E-state index contributed by atoms with van der Waals surface area (Å²) in [5.74, 6) is 0.430. The van der Waals surface area contributed by atoms with Crippen LogP contribution in [0.1, 0.15) is 37.0 Å². The molecule has 3 rings (SSSR count). The first-order valence-corrected chi connectivity index (χ1v) is 8.36. The summed E-state index contributed by atoms with van der Waals surface area (Å²) in [5, 5.41) is 15.2. The number of nitro benzene ring substituents is 1. The molecule has 0 saturated heterocycles. The molecule has 0 radical (unpaired) electrons. The second-order valence-electron chi connectivity index (χ2n) is 6.18. The molecule has 2 aromatic rings. The number of nitrogens with one attached hydrogen (secondary N) is 1. The smallest absolute Gasteiger partial charge is 0.273 e. The van der Waals surface area contributed by atoms with Crippen LogP contribution in [-0.4, -0.2) is 16.9 Å². The maximum Gasteiger partial charge on any atom is 0.273 e. The number of hydrazone groups is 1. The maximum atomic E-state index is 10.8. The number of rotatable bonds is 6. The molecule has 6 heteroatoms. The van der Waals surface area contributed by atoms with E-state index in [9.17, 15) is 10.1 Å². The molecule has 0 aromatic heterocycles. The number of hydrogen-bond donors (Lipinski definition) is 1. The zero-order valence-electron chi connectivity index (χ0n) is 14.4. The zero-order chi connectivity index (χ0) is 17.8. The van der Waals surface area contributed by atoms with Gasteiger partial charge in [-0.3, -0.25) is 15.5 Å². The minimum absolute atomic E-state index is 0.00234. The van der Waals surface area contributed by atoms with Gasteiger partial charge in [-0.05, 0) is 61.9 Å². The van der Waals surface area contributed by atoms with Crippen molar-refractivity contribution in [2.45, 2.75) is 39.3 Å². The Morgan fingerprint density at radius 3 is 2.84 bits per heavy atom. The largest absolute Gasteiger partial charge is 0.469 e. The number of ether oxygens (including phenoxy) is 1. The molecule has 0 aliphatic heterocycles. The number of aryl methyl sites for hydroxylation is 2. The molecule has 0 heterocycles. The fourth-order valence-corrected chi connectivity index (χ4v) is 2.95. The van der Waals surface area contributed by atoms with Gasteiger partial charge in [0.05, 0.1) is 16.7 Å². The van der Waals surface area contributed by atoms with Crippen LogP contribution in [0.2, 0.25) is 0 Å². The summed E-state index contributed by atoms with van der Waals surface area (Å²) in [4.78, 5) is 10.4. The molecular formula is C19H21N3O3. The van der Waals surface area contributed by atoms with E-state index in [-0.39, 0.29) is 5.69 Å². The van der Waals surface area contributed by atoms with E-state index in [0.717, 1.165) is 24.1 Å². The van der Waals surface area contributed by atoms with E-state index in [1.54, 1.807) is 19.1 Å². The van der Waals surface area contributed by atoms with Crippen LogP contribution in [0.3, 0.4) is 0 Å². The molecular weight excluding hydrogens is 318 g/mol. The van der Waals surface area contributed by atoms with Gasteiger partial charge in [0.15, 0.2) is 6.23 Å². The van der Waals surface area contributed by atoms with Crippen molar-refractivity contribution >= 4 is 11.4 Å². The van der Waals surface area contributed by atoms with Crippen LogP contribution >= 0.6 is 0 Å². The van der Waals surface area contributed by atoms with E-state index in [2.05, 4.69) is 28.7 Å². The van der Waals surface area contributed by atoms with Gasteiger partial charge in [0.1, 0.15) is 5.75 Å². The van der Waals surface area contributed by atoms with Gasteiger partial charge in [0.2, 0.25) is 0 Å². The van der Waals surface area contributed by atoms with Gasteiger partial charge in [-0.15, -0.1) is 0 Å². The molecule has 1 aliphatic rings. The van der Waals surface area contributed by atoms with Gasteiger partial charge < -0.3 is 4.74 Å². The van der Waals surface area contributed by atoms with Crippen molar-refractivity contribution in [2.24, 2.45) is 5.10 Å². The minimum atomic E-state index is -0.443. The quantitative estimate of drug-likeness (QED) is 0.376. The highest BCUT2D eigenvalue weighted by molar-refractivity contribution is 5.98. The first-order valence-electron chi connectivity index (χ1n) is 8.36. The van der Waals surface area contributed by atoms with Crippen LogP contribution in [0.4, 0.5) is 5.69 Å². The van der Waals surface area contributed by atoms with E-state index in [1.165, 1.54) is 29.7 Å². The summed E-state index contributed by atoms with van der Waals surface area (Å²) in [6, 6.07) is 12.6. The Hall–Kier alpha value is -2.89. The Labute approximate surface area is 146 Å². The van der Waals surface area contributed by atoms with Crippen molar-refractivity contribution < 1.29 is 9.66 Å². The summed E-state index contributed by atoms with van der Waals surface area (Å²) in [6.45, 7) is 3.75. The maximum absolute atomic E-state index is 10.8. The Balaban J connectivity index is 1.62. The summed E-state index contributed by atoms with van der Waals surface area (Å²) in [5.41, 5.74) is 7.76. The minimum Gasteiger partial charge on any atom is -0.469 e. The molecule has 0 amide bonds. The highest BCUT2D eigenvalue weighted by Crippen LogP contribution is 2.23. The van der Waals surface area contributed by atoms with Crippen LogP contribution in [0.15, 0.2) is 47.6 Å². The van der Waals surface area contributed by atoms with E-state index in [4.69, 9.17) is 4.74 Å². The molecule has 1 atom stereocenters. The van der Waals surface area contributed by atoms with Gasteiger partial charge in [-0.2, -0.15) is 5.10 Å². The zero-order valence-corrected chi connectivity index (χ0v) is 14.4. The Bertz CT molecular complexity index is 817. The fourth-order valence-electron chi connectivity index (χ4n) is 2.95. The number of benzene rings is 2. The van der Waals surface area contributed by atoms with E-state index in [1.807, 2.05) is 6.92 Å². The Morgan fingerprint density at radius 2 is 2.04 bits per heavy atom. The monoisotopic (exact) mass is 339 g/mol.